The van der Waals surface area contributed by atoms with Crippen molar-refractivity contribution < 1.29 is 9.59 Å². The molecule has 0 fully saturated rings. The number of benzene rings is 1. The van der Waals surface area contributed by atoms with Crippen LogP contribution in [0.2, 0.25) is 0 Å². The minimum Gasteiger partial charge on any atom is -0.288 e. The third-order valence-electron chi connectivity index (χ3n) is 5.95. The van der Waals surface area contributed by atoms with Crippen molar-refractivity contribution in [1.29, 1.82) is 0 Å². The summed E-state index contributed by atoms with van der Waals surface area (Å²) in [6.07, 6.45) is 0. The molecular weight excluding hydrogens is 497 g/mol. The number of carbonyl (C=O) groups excluding carboxylic acids is 2. The van der Waals surface area contributed by atoms with E-state index in [1.54, 1.807) is 23.1 Å². The minimum absolute atomic E-state index is 0.0782. The first-order chi connectivity index (χ1) is 15.9. The van der Waals surface area contributed by atoms with Crippen molar-refractivity contribution in [1.82, 2.24) is 0 Å². The van der Waals surface area contributed by atoms with Crippen molar-refractivity contribution >= 4 is 67.6 Å². The van der Waals surface area contributed by atoms with Crippen molar-refractivity contribution in [3.63, 3.8) is 0 Å². The van der Waals surface area contributed by atoms with Crippen LogP contribution >= 0.6 is 46.2 Å². The van der Waals surface area contributed by atoms with Gasteiger partial charge in [0.25, 0.3) is 0 Å². The first kappa shape index (κ1) is 23.9. The molecule has 34 heavy (non-hydrogen) atoms. The van der Waals surface area contributed by atoms with Gasteiger partial charge in [-0.2, -0.15) is 0 Å². The van der Waals surface area contributed by atoms with Gasteiger partial charge in [0.05, 0.1) is 9.81 Å². The van der Waals surface area contributed by atoms with Crippen LogP contribution in [0, 0.1) is 14.5 Å². The fourth-order valence-electron chi connectivity index (χ4n) is 3.87. The lowest BCUT2D eigenvalue weighted by Gasteiger charge is -2.19. The number of allylic oxidation sites excluding steroid dienone is 1. The summed E-state index contributed by atoms with van der Waals surface area (Å²) in [4.78, 5) is 27.8. The SMILES string of the molecule is CC(C)(C)C1=CS/C(=c2/cc/c(=c3/cc/c(=C4/C(=O)c5ccc(C(C)(C)C)cc5C4=O)s3)s2)S1. The molecule has 3 aromatic rings. The second-order valence-electron chi connectivity index (χ2n) is 10.6. The van der Waals surface area contributed by atoms with E-state index in [9.17, 15) is 9.59 Å². The number of thioether (sulfide) groups is 2. The molecule has 2 nitrogen and oxygen atoms in total. The average molecular weight is 523 g/mol. The van der Waals surface area contributed by atoms with Crippen molar-refractivity contribution in [2.75, 3.05) is 0 Å². The Hall–Kier alpha value is -1.86. The highest BCUT2D eigenvalue weighted by Crippen LogP contribution is 2.51. The molecule has 1 aromatic carbocycles. The number of fused-ring (bicyclic) bond motifs is 1. The second-order valence-corrected chi connectivity index (χ2v) is 15.0. The molecule has 3 heterocycles. The smallest absolute Gasteiger partial charge is 0.199 e. The van der Waals surface area contributed by atoms with Crippen molar-refractivity contribution in [3.05, 3.63) is 87.6 Å². The molecule has 0 N–H and O–H groups in total. The molecule has 2 aromatic heterocycles. The predicted octanol–water partition coefficient (Wildman–Crippen LogP) is 7.06. The lowest BCUT2D eigenvalue weighted by molar-refractivity contribution is 0.102. The maximum atomic E-state index is 13.3. The fourth-order valence-corrected chi connectivity index (χ4v) is 8.74. The molecule has 0 radical (unpaired) electrons. The number of rotatable bonds is 0. The van der Waals surface area contributed by atoms with Crippen LogP contribution in [0.15, 0.2) is 52.8 Å². The molecule has 1 aliphatic heterocycles. The van der Waals surface area contributed by atoms with Gasteiger partial charge in [-0.3, -0.25) is 9.59 Å². The zero-order valence-corrected chi connectivity index (χ0v) is 23.3. The van der Waals surface area contributed by atoms with E-state index < -0.39 is 0 Å². The van der Waals surface area contributed by atoms with Gasteiger partial charge in [0, 0.05) is 34.2 Å². The molecule has 2 aliphatic rings. The minimum atomic E-state index is -0.157. The summed E-state index contributed by atoms with van der Waals surface area (Å²) in [6.45, 7) is 13.1. The number of thiophene rings is 2. The largest absolute Gasteiger partial charge is 0.288 e. The Kier molecular flexibility index (Phi) is 5.87. The van der Waals surface area contributed by atoms with Gasteiger partial charge in [0.2, 0.25) is 0 Å². The summed E-state index contributed by atoms with van der Waals surface area (Å²) >= 11 is 6.95. The predicted molar refractivity (Wildman–Crippen MR) is 149 cm³/mol. The molecule has 0 bridgehead atoms. The molecule has 0 amide bonds. The van der Waals surface area contributed by atoms with E-state index in [1.807, 2.05) is 42.1 Å². The topological polar surface area (TPSA) is 34.1 Å². The Morgan fingerprint density at radius 2 is 1.24 bits per heavy atom. The first-order valence-corrected chi connectivity index (χ1v) is 14.5. The van der Waals surface area contributed by atoms with Gasteiger partial charge < -0.3 is 0 Å². The summed E-state index contributed by atoms with van der Waals surface area (Å²) in [5.41, 5.74) is 2.51. The monoisotopic (exact) mass is 522 g/mol. The molecule has 174 valence electrons. The quantitative estimate of drug-likeness (QED) is 0.317. The number of ketones is 2. The van der Waals surface area contributed by atoms with E-state index in [1.165, 1.54) is 25.0 Å². The molecule has 6 heteroatoms. The van der Waals surface area contributed by atoms with Crippen molar-refractivity contribution in [3.8, 4) is 0 Å². The van der Waals surface area contributed by atoms with Gasteiger partial charge in [0.15, 0.2) is 11.6 Å². The number of carbonyl (C=O) groups is 2. The lowest BCUT2D eigenvalue weighted by Crippen LogP contribution is -2.12. The van der Waals surface area contributed by atoms with Crippen LogP contribution in [0.25, 0.3) is 9.81 Å². The van der Waals surface area contributed by atoms with Crippen LogP contribution in [-0.4, -0.2) is 11.6 Å². The standard InChI is InChI=1S/C28H26O2S4/c1-27(2,3)15-7-8-16-17(13-15)25(30)23(24(16)29)20-11-9-18(32-20)19-10-12-21(33-19)26-31-14-22(34-26)28(4,5)6/h7-14H,1-6H3/b19-18+,23-20+,26-21+. The molecule has 5 rings (SSSR count). The van der Waals surface area contributed by atoms with Gasteiger partial charge in [-0.15, -0.1) is 22.7 Å². The van der Waals surface area contributed by atoms with Crippen molar-refractivity contribution in [2.45, 2.75) is 47.0 Å². The van der Waals surface area contributed by atoms with Crippen LogP contribution in [0.5, 0.6) is 0 Å². The Morgan fingerprint density at radius 1 is 0.647 bits per heavy atom. The Bertz CT molecular complexity index is 1600. The van der Waals surface area contributed by atoms with E-state index in [2.05, 4.69) is 59.1 Å². The number of Topliss-reactive ketones (excluding diaryl/α,β-unsaturated/α-hetero) is 2. The van der Waals surface area contributed by atoms with E-state index in [0.29, 0.717) is 16.7 Å². The van der Waals surface area contributed by atoms with Crippen LogP contribution in [-0.2, 0) is 5.41 Å². The van der Waals surface area contributed by atoms with E-state index in [0.717, 1.165) is 19.2 Å². The lowest BCUT2D eigenvalue weighted by atomic mass is 9.85. The molecule has 0 atom stereocenters. The fraction of sp³-hybridized carbons (Fsp3) is 0.286. The van der Waals surface area contributed by atoms with Gasteiger partial charge in [-0.1, -0.05) is 71.1 Å². The maximum Gasteiger partial charge on any atom is 0.199 e. The van der Waals surface area contributed by atoms with E-state index in [-0.39, 0.29) is 22.4 Å². The van der Waals surface area contributed by atoms with E-state index in [4.69, 9.17) is 0 Å². The highest BCUT2D eigenvalue weighted by atomic mass is 32.2. The summed E-state index contributed by atoms with van der Waals surface area (Å²) in [7, 11) is 0. The Labute approximate surface area is 216 Å². The zero-order chi connectivity index (χ0) is 24.4. The van der Waals surface area contributed by atoms with Crippen LogP contribution < -0.4 is 9.06 Å². The van der Waals surface area contributed by atoms with Gasteiger partial charge in [-0.25, -0.2) is 0 Å². The van der Waals surface area contributed by atoms with Gasteiger partial charge >= 0.3 is 0 Å². The summed E-state index contributed by atoms with van der Waals surface area (Å²) in [6, 6.07) is 14.0. The zero-order valence-electron chi connectivity index (χ0n) is 20.1. The molecule has 0 saturated carbocycles. The Morgan fingerprint density at radius 3 is 1.85 bits per heavy atom. The van der Waals surface area contributed by atoms with Gasteiger partial charge in [-0.05, 0) is 58.2 Å². The molecule has 0 saturated heterocycles. The van der Waals surface area contributed by atoms with Crippen molar-refractivity contribution in [2.24, 2.45) is 5.41 Å². The molecule has 0 spiro atoms. The number of hydrogen-bond acceptors (Lipinski definition) is 6. The Balaban J connectivity index is 1.58. The molecular formula is C28H26O2S4. The first-order valence-electron chi connectivity index (χ1n) is 11.2. The summed E-state index contributed by atoms with van der Waals surface area (Å²) in [5, 5.41) is 2.26. The van der Waals surface area contributed by atoms with Crippen LogP contribution in [0.3, 0.4) is 0 Å². The second kappa shape index (κ2) is 8.37. The average Bonchev–Trinajstić information content (AvgIpc) is 3.53. The van der Waals surface area contributed by atoms with Crippen LogP contribution in [0.4, 0.5) is 0 Å². The highest BCUT2D eigenvalue weighted by molar-refractivity contribution is 8.35. The highest BCUT2D eigenvalue weighted by Gasteiger charge is 2.35. The third kappa shape index (κ3) is 4.19. The molecule has 0 unspecified atom stereocenters. The normalized spacial score (nSPS) is 20.7. The summed E-state index contributed by atoms with van der Waals surface area (Å²) < 4.78 is 5.58. The van der Waals surface area contributed by atoms with Gasteiger partial charge in [0.1, 0.15) is 0 Å². The maximum absolute atomic E-state index is 13.3. The number of hydrogen-bond donors (Lipinski definition) is 0. The van der Waals surface area contributed by atoms with Crippen LogP contribution in [0.1, 0.15) is 67.8 Å². The summed E-state index contributed by atoms with van der Waals surface area (Å²) in [5.74, 6) is -0.308. The third-order valence-corrected chi connectivity index (χ3v) is 11.4. The van der Waals surface area contributed by atoms with E-state index >= 15 is 0 Å². The molecule has 1 aliphatic carbocycles.